The van der Waals surface area contributed by atoms with Gasteiger partial charge in [-0.25, -0.2) is 0 Å². The van der Waals surface area contributed by atoms with Gasteiger partial charge in [-0.2, -0.15) is 0 Å². The van der Waals surface area contributed by atoms with Gasteiger partial charge in [0.05, 0.1) is 0 Å². The summed E-state index contributed by atoms with van der Waals surface area (Å²) in [5.74, 6) is 0.991. The monoisotopic (exact) mass is 205 g/mol. The van der Waals surface area contributed by atoms with Crippen molar-refractivity contribution < 1.29 is 4.74 Å². The topological polar surface area (TPSA) is 21.3 Å². The zero-order chi connectivity index (χ0) is 10.7. The molecule has 15 heavy (non-hydrogen) atoms. The van der Waals surface area contributed by atoms with Gasteiger partial charge in [0, 0.05) is 12.6 Å². The molecule has 2 nitrogen and oxygen atoms in total. The lowest BCUT2D eigenvalue weighted by molar-refractivity contribution is 0.313. The normalized spacial score (nSPS) is 15.3. The number of benzene rings is 1. The zero-order valence-corrected chi connectivity index (χ0v) is 9.55. The van der Waals surface area contributed by atoms with E-state index in [9.17, 15) is 0 Å². The van der Waals surface area contributed by atoms with Crippen molar-refractivity contribution in [2.75, 3.05) is 13.2 Å². The van der Waals surface area contributed by atoms with E-state index in [0.29, 0.717) is 0 Å². The first-order chi connectivity index (χ1) is 7.24. The highest BCUT2D eigenvalue weighted by molar-refractivity contribution is 5.32. The Hall–Kier alpha value is -1.02. The molecule has 0 heterocycles. The van der Waals surface area contributed by atoms with Crippen LogP contribution in [0.15, 0.2) is 18.2 Å². The molecule has 0 aliphatic heterocycles. The van der Waals surface area contributed by atoms with Crippen molar-refractivity contribution >= 4 is 0 Å². The van der Waals surface area contributed by atoms with Gasteiger partial charge in [-0.1, -0.05) is 6.07 Å². The van der Waals surface area contributed by atoms with E-state index >= 15 is 0 Å². The van der Waals surface area contributed by atoms with Gasteiger partial charge in [0.2, 0.25) is 0 Å². The molecule has 0 unspecified atom stereocenters. The van der Waals surface area contributed by atoms with Crippen molar-refractivity contribution in [1.82, 2.24) is 5.32 Å². The molecule has 0 saturated heterocycles. The Bertz CT molecular complexity index is 311. The van der Waals surface area contributed by atoms with Gasteiger partial charge in [0.1, 0.15) is 12.4 Å². The predicted octanol–water partition coefficient (Wildman–Crippen LogP) is 2.43. The number of hydrogen-bond acceptors (Lipinski definition) is 2. The fraction of sp³-hybridized carbons (Fsp3) is 0.538. The van der Waals surface area contributed by atoms with E-state index in [1.165, 1.54) is 24.0 Å². The molecule has 0 radical (unpaired) electrons. The molecule has 1 aliphatic rings. The van der Waals surface area contributed by atoms with Gasteiger partial charge in [0.15, 0.2) is 0 Å². The standard InChI is InChI=1S/C13H19NO/c1-10-7-11(2)9-13(8-10)15-6-5-14-12-3-4-12/h7-9,12,14H,3-6H2,1-2H3. The van der Waals surface area contributed by atoms with E-state index in [-0.39, 0.29) is 0 Å². The molecule has 0 aromatic heterocycles. The minimum atomic E-state index is 0.763. The van der Waals surface area contributed by atoms with Crippen molar-refractivity contribution in [3.63, 3.8) is 0 Å². The van der Waals surface area contributed by atoms with Crippen molar-refractivity contribution in [2.45, 2.75) is 32.7 Å². The van der Waals surface area contributed by atoms with Crippen LogP contribution in [0.1, 0.15) is 24.0 Å². The summed E-state index contributed by atoms with van der Waals surface area (Å²) in [6, 6.07) is 7.11. The van der Waals surface area contributed by atoms with Crippen molar-refractivity contribution in [3.8, 4) is 5.75 Å². The maximum atomic E-state index is 5.68. The summed E-state index contributed by atoms with van der Waals surface area (Å²) < 4.78 is 5.68. The van der Waals surface area contributed by atoms with E-state index in [2.05, 4.69) is 37.4 Å². The minimum absolute atomic E-state index is 0.763. The fourth-order valence-corrected chi connectivity index (χ4v) is 1.74. The Morgan fingerprint density at radius 2 is 1.87 bits per heavy atom. The second-order valence-corrected chi connectivity index (χ2v) is 4.40. The van der Waals surface area contributed by atoms with Crippen LogP contribution in [0.4, 0.5) is 0 Å². The second kappa shape index (κ2) is 4.67. The van der Waals surface area contributed by atoms with Crippen LogP contribution in [-0.4, -0.2) is 19.2 Å². The molecule has 1 aromatic rings. The Balaban J connectivity index is 1.76. The molecule has 0 atom stereocenters. The quantitative estimate of drug-likeness (QED) is 0.745. The zero-order valence-electron chi connectivity index (χ0n) is 9.55. The van der Waals surface area contributed by atoms with Crippen LogP contribution in [0.3, 0.4) is 0 Å². The Morgan fingerprint density at radius 3 is 2.47 bits per heavy atom. The number of aryl methyl sites for hydroxylation is 2. The van der Waals surface area contributed by atoms with Crippen LogP contribution in [0.25, 0.3) is 0 Å². The molecular weight excluding hydrogens is 186 g/mol. The molecule has 2 heteroatoms. The summed E-state index contributed by atoms with van der Waals surface area (Å²) in [4.78, 5) is 0. The number of hydrogen-bond donors (Lipinski definition) is 1. The SMILES string of the molecule is Cc1cc(C)cc(OCCNC2CC2)c1. The van der Waals surface area contributed by atoms with Gasteiger partial charge < -0.3 is 10.1 Å². The Labute approximate surface area is 91.6 Å². The Morgan fingerprint density at radius 1 is 1.20 bits per heavy atom. The van der Waals surface area contributed by atoms with E-state index < -0.39 is 0 Å². The van der Waals surface area contributed by atoms with Gasteiger partial charge in [-0.3, -0.25) is 0 Å². The number of nitrogens with one attached hydrogen (secondary N) is 1. The third-order valence-corrected chi connectivity index (χ3v) is 2.58. The summed E-state index contributed by atoms with van der Waals surface area (Å²) in [5.41, 5.74) is 2.53. The highest BCUT2D eigenvalue weighted by Crippen LogP contribution is 2.18. The summed E-state index contributed by atoms with van der Waals surface area (Å²) in [5, 5.41) is 3.43. The third-order valence-electron chi connectivity index (χ3n) is 2.58. The summed E-state index contributed by atoms with van der Waals surface area (Å²) >= 11 is 0. The molecule has 1 aromatic carbocycles. The Kier molecular flexibility index (Phi) is 3.27. The van der Waals surface area contributed by atoms with Gasteiger partial charge in [0.25, 0.3) is 0 Å². The second-order valence-electron chi connectivity index (χ2n) is 4.40. The smallest absolute Gasteiger partial charge is 0.119 e. The van der Waals surface area contributed by atoms with Crippen LogP contribution in [0.2, 0.25) is 0 Å². The van der Waals surface area contributed by atoms with Crippen LogP contribution >= 0.6 is 0 Å². The predicted molar refractivity (Wildman–Crippen MR) is 62.4 cm³/mol. The fourth-order valence-electron chi connectivity index (χ4n) is 1.74. The first-order valence-electron chi connectivity index (χ1n) is 5.68. The minimum Gasteiger partial charge on any atom is -0.492 e. The maximum absolute atomic E-state index is 5.68. The van der Waals surface area contributed by atoms with E-state index in [0.717, 1.165) is 24.9 Å². The molecule has 0 amide bonds. The molecule has 1 fully saturated rings. The molecular formula is C13H19NO. The molecule has 1 N–H and O–H groups in total. The first kappa shape index (κ1) is 10.5. The molecule has 1 saturated carbocycles. The van der Waals surface area contributed by atoms with E-state index in [1.54, 1.807) is 0 Å². The highest BCUT2D eigenvalue weighted by Gasteiger charge is 2.19. The first-order valence-corrected chi connectivity index (χ1v) is 5.68. The van der Waals surface area contributed by atoms with Crippen molar-refractivity contribution in [3.05, 3.63) is 29.3 Å². The lowest BCUT2D eigenvalue weighted by Gasteiger charge is -2.08. The summed E-state index contributed by atoms with van der Waals surface area (Å²) in [7, 11) is 0. The van der Waals surface area contributed by atoms with Gasteiger partial charge in [-0.15, -0.1) is 0 Å². The lowest BCUT2D eigenvalue weighted by Crippen LogP contribution is -2.22. The van der Waals surface area contributed by atoms with Crippen LogP contribution < -0.4 is 10.1 Å². The maximum Gasteiger partial charge on any atom is 0.119 e. The molecule has 1 aliphatic carbocycles. The number of ether oxygens (including phenoxy) is 1. The van der Waals surface area contributed by atoms with Crippen molar-refractivity contribution in [2.24, 2.45) is 0 Å². The molecule has 2 rings (SSSR count). The van der Waals surface area contributed by atoms with Gasteiger partial charge in [-0.05, 0) is 49.9 Å². The van der Waals surface area contributed by atoms with Crippen LogP contribution in [0.5, 0.6) is 5.75 Å². The number of rotatable bonds is 5. The molecule has 0 bridgehead atoms. The molecule has 82 valence electrons. The lowest BCUT2D eigenvalue weighted by atomic mass is 10.1. The van der Waals surface area contributed by atoms with Gasteiger partial charge >= 0.3 is 0 Å². The highest BCUT2D eigenvalue weighted by atomic mass is 16.5. The van der Waals surface area contributed by atoms with E-state index in [4.69, 9.17) is 4.74 Å². The largest absolute Gasteiger partial charge is 0.492 e. The average molecular weight is 205 g/mol. The summed E-state index contributed by atoms with van der Waals surface area (Å²) in [6.45, 7) is 5.92. The van der Waals surface area contributed by atoms with E-state index in [1.807, 2.05) is 0 Å². The third kappa shape index (κ3) is 3.56. The van der Waals surface area contributed by atoms with Crippen LogP contribution in [0, 0.1) is 13.8 Å². The molecule has 0 spiro atoms. The van der Waals surface area contributed by atoms with Crippen molar-refractivity contribution in [1.29, 1.82) is 0 Å². The average Bonchev–Trinajstić information content (AvgIpc) is 2.94. The summed E-state index contributed by atoms with van der Waals surface area (Å²) in [6.07, 6.45) is 2.67. The van der Waals surface area contributed by atoms with Crippen LogP contribution in [-0.2, 0) is 0 Å².